The Morgan fingerprint density at radius 1 is 1.05 bits per heavy atom. The van der Waals surface area contributed by atoms with Crippen molar-refractivity contribution in [2.45, 2.75) is 6.42 Å². The van der Waals surface area contributed by atoms with Gasteiger partial charge in [-0.3, -0.25) is 14.5 Å². The molecule has 1 heterocycles. The third kappa shape index (κ3) is 1.90. The Balaban J connectivity index is 1.47. The number of carbonyl (C=O) groups excluding carboxylic acids is 2. The Morgan fingerprint density at radius 2 is 1.64 bits per heavy atom. The number of nitrogens with zero attached hydrogens (tertiary/aromatic N) is 1. The molecule has 0 spiro atoms. The van der Waals surface area contributed by atoms with Gasteiger partial charge in [-0.1, -0.05) is 36.4 Å². The van der Waals surface area contributed by atoms with E-state index in [-0.39, 0.29) is 41.2 Å². The highest BCUT2D eigenvalue weighted by atomic mass is 16.3. The van der Waals surface area contributed by atoms with Crippen molar-refractivity contribution in [3.05, 3.63) is 48.1 Å². The molecule has 2 aliphatic carbocycles. The first-order valence-electron chi connectivity index (χ1n) is 7.64. The number of hydrogen-bond acceptors (Lipinski definition) is 3. The summed E-state index contributed by atoms with van der Waals surface area (Å²) in [5.74, 6) is 0.478. The van der Waals surface area contributed by atoms with Crippen LogP contribution in [0.15, 0.2) is 42.5 Å². The number of fused-ring (bicyclic) bond motifs is 5. The second kappa shape index (κ2) is 4.83. The molecule has 1 aromatic carbocycles. The second-order valence-electron chi connectivity index (χ2n) is 6.28. The van der Waals surface area contributed by atoms with Crippen LogP contribution < -0.4 is 0 Å². The minimum Gasteiger partial charge on any atom is -0.508 e. The van der Waals surface area contributed by atoms with E-state index in [0.717, 1.165) is 12.0 Å². The number of amides is 2. The maximum Gasteiger partial charge on any atom is 0.234 e. The van der Waals surface area contributed by atoms with Crippen molar-refractivity contribution in [3.8, 4) is 5.75 Å². The molecule has 4 atom stereocenters. The van der Waals surface area contributed by atoms with Crippen LogP contribution >= 0.6 is 0 Å². The zero-order valence-electron chi connectivity index (χ0n) is 12.1. The molecule has 0 aromatic heterocycles. The molecule has 4 heteroatoms. The van der Waals surface area contributed by atoms with E-state index in [9.17, 15) is 14.7 Å². The maximum atomic E-state index is 12.5. The lowest BCUT2D eigenvalue weighted by Crippen LogP contribution is -2.33. The molecule has 0 radical (unpaired) electrons. The van der Waals surface area contributed by atoms with Crippen molar-refractivity contribution in [2.75, 3.05) is 6.54 Å². The number of phenolic OH excluding ortho intramolecular Hbond substituents is 1. The lowest BCUT2D eigenvalue weighted by molar-refractivity contribution is -0.139. The zero-order chi connectivity index (χ0) is 15.3. The van der Waals surface area contributed by atoms with Gasteiger partial charge in [-0.25, -0.2) is 0 Å². The molecule has 4 nitrogen and oxygen atoms in total. The van der Waals surface area contributed by atoms with Crippen LogP contribution in [0.25, 0.3) is 6.08 Å². The Hall–Kier alpha value is -2.36. The molecule has 22 heavy (non-hydrogen) atoms. The number of benzene rings is 1. The molecule has 1 aromatic rings. The van der Waals surface area contributed by atoms with Gasteiger partial charge in [0, 0.05) is 6.54 Å². The van der Waals surface area contributed by atoms with Crippen molar-refractivity contribution in [3.63, 3.8) is 0 Å². The molecule has 1 aliphatic heterocycles. The van der Waals surface area contributed by atoms with Gasteiger partial charge < -0.3 is 5.11 Å². The van der Waals surface area contributed by atoms with Gasteiger partial charge in [-0.15, -0.1) is 0 Å². The maximum absolute atomic E-state index is 12.5. The molecule has 4 unspecified atom stereocenters. The largest absolute Gasteiger partial charge is 0.508 e. The quantitative estimate of drug-likeness (QED) is 0.687. The summed E-state index contributed by atoms with van der Waals surface area (Å²) in [7, 11) is 0. The summed E-state index contributed by atoms with van der Waals surface area (Å²) in [6.07, 6.45) is 8.86. The summed E-state index contributed by atoms with van der Waals surface area (Å²) in [6.45, 7) is 0.324. The number of rotatable bonds is 3. The summed E-state index contributed by atoms with van der Waals surface area (Å²) in [5, 5.41) is 9.24. The first kappa shape index (κ1) is 13.3. The highest BCUT2D eigenvalue weighted by molar-refractivity contribution is 6.06. The lowest BCUT2D eigenvalue weighted by atomic mass is 9.85. The Kier molecular flexibility index (Phi) is 2.93. The lowest BCUT2D eigenvalue weighted by Gasteiger charge is -2.14. The van der Waals surface area contributed by atoms with Gasteiger partial charge in [-0.05, 0) is 36.0 Å². The fourth-order valence-corrected chi connectivity index (χ4v) is 4.02. The minimum absolute atomic E-state index is 0.0118. The molecule has 1 saturated carbocycles. The topological polar surface area (TPSA) is 57.6 Å². The van der Waals surface area contributed by atoms with Crippen molar-refractivity contribution < 1.29 is 14.7 Å². The van der Waals surface area contributed by atoms with E-state index in [2.05, 4.69) is 12.2 Å². The van der Waals surface area contributed by atoms with Crippen LogP contribution in [0.4, 0.5) is 0 Å². The summed E-state index contributed by atoms with van der Waals surface area (Å²) < 4.78 is 0. The molecule has 1 saturated heterocycles. The fraction of sp³-hybridized carbons (Fsp3) is 0.333. The third-order valence-corrected chi connectivity index (χ3v) is 5.05. The van der Waals surface area contributed by atoms with Crippen molar-refractivity contribution in [2.24, 2.45) is 23.7 Å². The SMILES string of the molecule is O=C1C2C3C=CC(C3)C2C(=O)N1CC=Cc1ccc(O)cc1. The highest BCUT2D eigenvalue weighted by Crippen LogP contribution is 2.52. The monoisotopic (exact) mass is 295 g/mol. The predicted molar refractivity (Wildman–Crippen MR) is 81.6 cm³/mol. The van der Waals surface area contributed by atoms with Crippen molar-refractivity contribution in [1.82, 2.24) is 4.90 Å². The van der Waals surface area contributed by atoms with Gasteiger partial charge >= 0.3 is 0 Å². The number of phenols is 1. The van der Waals surface area contributed by atoms with E-state index in [1.54, 1.807) is 24.3 Å². The molecule has 2 bridgehead atoms. The number of imide groups is 1. The third-order valence-electron chi connectivity index (χ3n) is 5.05. The van der Waals surface area contributed by atoms with Crippen LogP contribution in [0.1, 0.15) is 12.0 Å². The van der Waals surface area contributed by atoms with Crippen molar-refractivity contribution in [1.29, 1.82) is 0 Å². The molecule has 4 rings (SSSR count). The van der Waals surface area contributed by atoms with Crippen LogP contribution in [0.2, 0.25) is 0 Å². The zero-order valence-corrected chi connectivity index (χ0v) is 12.1. The molecule has 112 valence electrons. The minimum atomic E-state index is -0.121. The number of allylic oxidation sites excluding steroid dienone is 2. The Bertz CT molecular complexity index is 659. The first-order chi connectivity index (χ1) is 10.6. The van der Waals surface area contributed by atoms with Crippen LogP contribution in [-0.4, -0.2) is 28.4 Å². The molecular formula is C18H17NO3. The Labute approximate surface area is 128 Å². The van der Waals surface area contributed by atoms with Gasteiger partial charge in [0.05, 0.1) is 11.8 Å². The number of aromatic hydroxyl groups is 1. The van der Waals surface area contributed by atoms with Gasteiger partial charge in [0.25, 0.3) is 0 Å². The predicted octanol–water partition coefficient (Wildman–Crippen LogP) is 2.21. The van der Waals surface area contributed by atoms with Crippen LogP contribution in [0.5, 0.6) is 5.75 Å². The number of carbonyl (C=O) groups is 2. The van der Waals surface area contributed by atoms with Gasteiger partial charge in [0.2, 0.25) is 11.8 Å². The summed E-state index contributed by atoms with van der Waals surface area (Å²) in [5.41, 5.74) is 0.929. The van der Waals surface area contributed by atoms with Crippen LogP contribution in [0, 0.1) is 23.7 Å². The fourth-order valence-electron chi connectivity index (χ4n) is 4.02. The molecule has 2 fully saturated rings. The van der Waals surface area contributed by atoms with E-state index >= 15 is 0 Å². The van der Waals surface area contributed by atoms with Crippen LogP contribution in [0.3, 0.4) is 0 Å². The Morgan fingerprint density at radius 3 is 2.23 bits per heavy atom. The smallest absolute Gasteiger partial charge is 0.234 e. The normalized spacial score (nSPS) is 32.5. The second-order valence-corrected chi connectivity index (χ2v) is 6.28. The standard InChI is InChI=1S/C18H17NO3/c20-14-7-3-11(4-8-14)2-1-9-19-17(21)15-12-5-6-13(10-12)16(15)18(19)22/h1-8,12-13,15-16,20H,9-10H2. The first-order valence-corrected chi connectivity index (χ1v) is 7.64. The van der Waals surface area contributed by atoms with E-state index in [1.807, 2.05) is 12.2 Å². The van der Waals surface area contributed by atoms with Crippen LogP contribution in [-0.2, 0) is 9.59 Å². The van der Waals surface area contributed by atoms with Gasteiger partial charge in [0.1, 0.15) is 5.75 Å². The highest BCUT2D eigenvalue weighted by Gasteiger charge is 2.58. The average Bonchev–Trinajstić information content (AvgIpc) is 3.18. The van der Waals surface area contributed by atoms with Gasteiger partial charge in [0.15, 0.2) is 0 Å². The summed E-state index contributed by atoms with van der Waals surface area (Å²) in [6, 6.07) is 6.80. The van der Waals surface area contributed by atoms with E-state index in [4.69, 9.17) is 0 Å². The number of hydrogen-bond donors (Lipinski definition) is 1. The van der Waals surface area contributed by atoms with E-state index in [1.165, 1.54) is 4.90 Å². The van der Waals surface area contributed by atoms with Crippen molar-refractivity contribution >= 4 is 17.9 Å². The van der Waals surface area contributed by atoms with E-state index < -0.39 is 0 Å². The summed E-state index contributed by atoms with van der Waals surface area (Å²) in [4.78, 5) is 26.4. The van der Waals surface area contributed by atoms with E-state index in [0.29, 0.717) is 6.54 Å². The number of likely N-dealkylation sites (tertiary alicyclic amines) is 1. The van der Waals surface area contributed by atoms with Gasteiger partial charge in [-0.2, -0.15) is 0 Å². The summed E-state index contributed by atoms with van der Waals surface area (Å²) >= 11 is 0. The molecule has 2 amide bonds. The molecule has 1 N–H and O–H groups in total. The molecule has 3 aliphatic rings. The average molecular weight is 295 g/mol. The molecular weight excluding hydrogens is 278 g/mol.